The Morgan fingerprint density at radius 3 is 2.88 bits per heavy atom. The van der Waals surface area contributed by atoms with Crippen LogP contribution in [0.1, 0.15) is 5.56 Å². The van der Waals surface area contributed by atoms with E-state index < -0.39 is 0 Å². The molecule has 1 aromatic carbocycles. The summed E-state index contributed by atoms with van der Waals surface area (Å²) in [5.41, 5.74) is 7.27. The van der Waals surface area contributed by atoms with Crippen molar-refractivity contribution in [3.63, 3.8) is 0 Å². The lowest BCUT2D eigenvalue weighted by atomic mass is 10.1. The molecule has 0 spiro atoms. The van der Waals surface area contributed by atoms with Crippen molar-refractivity contribution in [2.75, 3.05) is 33.0 Å². The molecule has 16 heavy (non-hydrogen) atoms. The second kappa shape index (κ2) is 6.12. The molecule has 4 heteroatoms. The highest BCUT2D eigenvalue weighted by molar-refractivity contribution is 5.78. The third-order valence-corrected chi connectivity index (χ3v) is 2.36. The highest BCUT2D eigenvalue weighted by Gasteiger charge is 2.09. The Kier molecular flexibility index (Phi) is 4.79. The first-order valence-corrected chi connectivity index (χ1v) is 5.21. The monoisotopic (exact) mass is 222 g/mol. The number of methoxy groups -OCH3 is 1. The third kappa shape index (κ3) is 3.90. The summed E-state index contributed by atoms with van der Waals surface area (Å²) in [6.07, 6.45) is 0.380. The molecule has 0 heterocycles. The van der Waals surface area contributed by atoms with Crippen LogP contribution in [0.3, 0.4) is 0 Å². The zero-order valence-corrected chi connectivity index (χ0v) is 9.77. The van der Waals surface area contributed by atoms with E-state index in [9.17, 15) is 4.79 Å². The first-order valence-electron chi connectivity index (χ1n) is 5.21. The summed E-state index contributed by atoms with van der Waals surface area (Å²) in [4.78, 5) is 13.4. The lowest BCUT2D eigenvalue weighted by Gasteiger charge is -2.16. The van der Waals surface area contributed by atoms with E-state index in [0.717, 1.165) is 5.56 Å². The van der Waals surface area contributed by atoms with Crippen LogP contribution in [0.2, 0.25) is 0 Å². The molecule has 2 N–H and O–H groups in total. The standard InChI is InChI=1S/C12H18N2O2/c1-14(6-7-16-2)12(15)9-10-4-3-5-11(13)8-10/h3-5,8H,6-7,9,13H2,1-2H3. The number of hydrogen-bond donors (Lipinski definition) is 1. The maximum Gasteiger partial charge on any atom is 0.226 e. The molecule has 0 atom stereocenters. The largest absolute Gasteiger partial charge is 0.399 e. The fraction of sp³-hybridized carbons (Fsp3) is 0.417. The van der Waals surface area contributed by atoms with E-state index in [-0.39, 0.29) is 5.91 Å². The minimum atomic E-state index is 0.0719. The normalized spacial score (nSPS) is 10.1. The van der Waals surface area contributed by atoms with E-state index in [0.29, 0.717) is 25.3 Å². The molecular formula is C12H18N2O2. The van der Waals surface area contributed by atoms with Gasteiger partial charge >= 0.3 is 0 Å². The number of nitrogen functional groups attached to an aromatic ring is 1. The Morgan fingerprint density at radius 2 is 2.25 bits per heavy atom. The fourth-order valence-corrected chi connectivity index (χ4v) is 1.37. The predicted molar refractivity (Wildman–Crippen MR) is 64.1 cm³/mol. The van der Waals surface area contributed by atoms with Crippen LogP contribution in [0.25, 0.3) is 0 Å². The molecule has 0 aromatic heterocycles. The van der Waals surface area contributed by atoms with Gasteiger partial charge in [-0.25, -0.2) is 0 Å². The van der Waals surface area contributed by atoms with E-state index in [4.69, 9.17) is 10.5 Å². The van der Waals surface area contributed by atoms with Crippen LogP contribution in [0.5, 0.6) is 0 Å². The van der Waals surface area contributed by atoms with Gasteiger partial charge in [-0.15, -0.1) is 0 Å². The van der Waals surface area contributed by atoms with Crippen LogP contribution in [0.4, 0.5) is 5.69 Å². The number of hydrogen-bond acceptors (Lipinski definition) is 3. The van der Waals surface area contributed by atoms with Gasteiger partial charge in [0.1, 0.15) is 0 Å². The summed E-state index contributed by atoms with van der Waals surface area (Å²) in [7, 11) is 3.39. The summed E-state index contributed by atoms with van der Waals surface area (Å²) in [6, 6.07) is 7.39. The summed E-state index contributed by atoms with van der Waals surface area (Å²) >= 11 is 0. The van der Waals surface area contributed by atoms with Crippen molar-refractivity contribution in [3.05, 3.63) is 29.8 Å². The maximum absolute atomic E-state index is 11.8. The molecule has 0 bridgehead atoms. The lowest BCUT2D eigenvalue weighted by Crippen LogP contribution is -2.31. The average molecular weight is 222 g/mol. The number of carbonyl (C=O) groups excluding carboxylic acids is 1. The maximum atomic E-state index is 11.8. The minimum absolute atomic E-state index is 0.0719. The number of benzene rings is 1. The number of anilines is 1. The molecule has 1 aromatic rings. The SMILES string of the molecule is COCCN(C)C(=O)Cc1cccc(N)c1. The van der Waals surface area contributed by atoms with Gasteiger partial charge < -0.3 is 15.4 Å². The van der Waals surface area contributed by atoms with Gasteiger partial charge in [0.2, 0.25) is 5.91 Å². The molecular weight excluding hydrogens is 204 g/mol. The molecule has 0 fully saturated rings. The summed E-state index contributed by atoms with van der Waals surface area (Å²) in [5, 5.41) is 0. The lowest BCUT2D eigenvalue weighted by molar-refractivity contribution is -0.129. The Morgan fingerprint density at radius 1 is 1.50 bits per heavy atom. The zero-order chi connectivity index (χ0) is 12.0. The van der Waals surface area contributed by atoms with Crippen molar-refractivity contribution in [1.82, 2.24) is 4.90 Å². The van der Waals surface area contributed by atoms with Crippen LogP contribution in [0, 0.1) is 0 Å². The minimum Gasteiger partial charge on any atom is -0.399 e. The van der Waals surface area contributed by atoms with E-state index in [1.165, 1.54) is 0 Å². The highest BCUT2D eigenvalue weighted by atomic mass is 16.5. The van der Waals surface area contributed by atoms with Crippen molar-refractivity contribution in [2.45, 2.75) is 6.42 Å². The van der Waals surface area contributed by atoms with Gasteiger partial charge in [-0.2, -0.15) is 0 Å². The van der Waals surface area contributed by atoms with Gasteiger partial charge in [-0.3, -0.25) is 4.79 Å². The fourth-order valence-electron chi connectivity index (χ4n) is 1.37. The summed E-state index contributed by atoms with van der Waals surface area (Å²) in [5.74, 6) is 0.0719. The topological polar surface area (TPSA) is 55.6 Å². The molecule has 1 amide bonds. The number of carbonyl (C=O) groups is 1. The molecule has 0 saturated heterocycles. The quantitative estimate of drug-likeness (QED) is 0.754. The van der Waals surface area contributed by atoms with Crippen molar-refractivity contribution in [3.8, 4) is 0 Å². The average Bonchev–Trinajstić information content (AvgIpc) is 2.25. The Hall–Kier alpha value is -1.55. The van der Waals surface area contributed by atoms with E-state index >= 15 is 0 Å². The van der Waals surface area contributed by atoms with E-state index in [1.807, 2.05) is 24.3 Å². The van der Waals surface area contributed by atoms with Gasteiger partial charge in [-0.1, -0.05) is 12.1 Å². The van der Waals surface area contributed by atoms with Gasteiger partial charge in [0, 0.05) is 26.4 Å². The Labute approximate surface area is 96.0 Å². The molecule has 88 valence electrons. The number of ether oxygens (including phenoxy) is 1. The summed E-state index contributed by atoms with van der Waals surface area (Å²) in [6.45, 7) is 1.16. The molecule has 0 aliphatic heterocycles. The molecule has 1 rings (SSSR count). The first kappa shape index (κ1) is 12.5. The smallest absolute Gasteiger partial charge is 0.226 e. The van der Waals surface area contributed by atoms with Crippen LogP contribution < -0.4 is 5.73 Å². The van der Waals surface area contributed by atoms with Gasteiger partial charge in [-0.05, 0) is 17.7 Å². The number of nitrogens with two attached hydrogens (primary N) is 1. The first-order chi connectivity index (χ1) is 7.63. The van der Waals surface area contributed by atoms with Crippen LogP contribution in [-0.4, -0.2) is 38.1 Å². The Balaban J connectivity index is 2.50. The van der Waals surface area contributed by atoms with Crippen molar-refractivity contribution in [2.24, 2.45) is 0 Å². The number of likely N-dealkylation sites (N-methyl/N-ethyl adjacent to an activating group) is 1. The van der Waals surface area contributed by atoms with Crippen molar-refractivity contribution >= 4 is 11.6 Å². The summed E-state index contributed by atoms with van der Waals surface area (Å²) < 4.78 is 4.92. The van der Waals surface area contributed by atoms with Crippen LogP contribution >= 0.6 is 0 Å². The van der Waals surface area contributed by atoms with Crippen LogP contribution in [-0.2, 0) is 16.0 Å². The van der Waals surface area contributed by atoms with Gasteiger partial charge in [0.25, 0.3) is 0 Å². The van der Waals surface area contributed by atoms with Crippen molar-refractivity contribution < 1.29 is 9.53 Å². The number of nitrogens with zero attached hydrogens (tertiary/aromatic N) is 1. The Bertz CT molecular complexity index is 353. The molecule has 0 unspecified atom stereocenters. The zero-order valence-electron chi connectivity index (χ0n) is 9.77. The second-order valence-corrected chi connectivity index (χ2v) is 3.73. The van der Waals surface area contributed by atoms with Crippen LogP contribution in [0.15, 0.2) is 24.3 Å². The van der Waals surface area contributed by atoms with E-state index in [1.54, 1.807) is 19.1 Å². The molecule has 0 saturated carbocycles. The highest BCUT2D eigenvalue weighted by Crippen LogP contribution is 2.08. The number of rotatable bonds is 5. The molecule has 0 aliphatic carbocycles. The second-order valence-electron chi connectivity index (χ2n) is 3.73. The molecule has 4 nitrogen and oxygen atoms in total. The van der Waals surface area contributed by atoms with Gasteiger partial charge in [0.05, 0.1) is 13.0 Å². The van der Waals surface area contributed by atoms with Crippen molar-refractivity contribution in [1.29, 1.82) is 0 Å². The van der Waals surface area contributed by atoms with E-state index in [2.05, 4.69) is 0 Å². The number of amides is 1. The molecule has 0 aliphatic rings. The molecule has 0 radical (unpaired) electrons. The third-order valence-electron chi connectivity index (χ3n) is 2.36. The predicted octanol–water partition coefficient (Wildman–Crippen LogP) is 0.916. The van der Waals surface area contributed by atoms with Gasteiger partial charge in [0.15, 0.2) is 0 Å².